The van der Waals surface area contributed by atoms with E-state index in [1.165, 1.54) is 12.5 Å². The second-order valence-electron chi connectivity index (χ2n) is 6.47. The smallest absolute Gasteiger partial charge is 0.130 e. The Morgan fingerprint density at radius 3 is 2.84 bits per heavy atom. The number of hydrogen-bond donors (Lipinski definition) is 0. The highest BCUT2D eigenvalue weighted by Crippen LogP contribution is 2.50. The molecule has 1 aromatic carbocycles. The summed E-state index contributed by atoms with van der Waals surface area (Å²) in [5.74, 6) is -0.884. The number of fused-ring (bicyclic) bond motifs is 2. The summed E-state index contributed by atoms with van der Waals surface area (Å²) in [7, 11) is 0. The molecule has 0 aliphatic carbocycles. The van der Waals surface area contributed by atoms with Crippen molar-refractivity contribution in [1.29, 1.82) is 0 Å². The molecule has 19 heavy (non-hydrogen) atoms. The number of benzene rings is 1. The zero-order valence-corrected chi connectivity index (χ0v) is 11.6. The minimum absolute atomic E-state index is 0.126. The van der Waals surface area contributed by atoms with Crippen LogP contribution in [0.2, 0.25) is 0 Å². The second-order valence-corrected chi connectivity index (χ2v) is 6.47. The Labute approximate surface area is 113 Å². The van der Waals surface area contributed by atoms with Gasteiger partial charge in [-0.05, 0) is 37.2 Å². The van der Waals surface area contributed by atoms with Crippen molar-refractivity contribution in [3.05, 3.63) is 35.4 Å². The summed E-state index contributed by atoms with van der Waals surface area (Å²) < 4.78 is 27.1. The fraction of sp³-hybridized carbons (Fsp3) is 0.625. The molecule has 0 saturated carbocycles. The van der Waals surface area contributed by atoms with Gasteiger partial charge >= 0.3 is 0 Å². The topological polar surface area (TPSA) is 3.24 Å². The van der Waals surface area contributed by atoms with Crippen molar-refractivity contribution < 1.29 is 8.78 Å². The van der Waals surface area contributed by atoms with Gasteiger partial charge in [0.05, 0.1) is 0 Å². The second kappa shape index (κ2) is 4.55. The molecule has 2 aliphatic rings. The van der Waals surface area contributed by atoms with E-state index in [1.807, 2.05) is 0 Å². The lowest BCUT2D eigenvalue weighted by Crippen LogP contribution is -2.38. The lowest BCUT2D eigenvalue weighted by Gasteiger charge is -2.38. The molecule has 0 amide bonds. The molecule has 3 rings (SSSR count). The van der Waals surface area contributed by atoms with Crippen LogP contribution in [0.25, 0.3) is 0 Å². The first kappa shape index (κ1) is 13.0. The molecule has 104 valence electrons. The van der Waals surface area contributed by atoms with Gasteiger partial charge in [-0.25, -0.2) is 8.78 Å². The maximum absolute atomic E-state index is 14.0. The van der Waals surface area contributed by atoms with E-state index >= 15 is 0 Å². The van der Waals surface area contributed by atoms with E-state index in [0.717, 1.165) is 31.9 Å². The molecular formula is C16H21F2N. The molecule has 2 heterocycles. The molecule has 2 fully saturated rings. The highest BCUT2D eigenvalue weighted by Gasteiger charge is 2.47. The Balaban J connectivity index is 1.93. The maximum atomic E-state index is 14.0. The van der Waals surface area contributed by atoms with Gasteiger partial charge in [0.15, 0.2) is 0 Å². The molecule has 0 radical (unpaired) electrons. The van der Waals surface area contributed by atoms with Crippen molar-refractivity contribution in [2.75, 3.05) is 6.54 Å². The van der Waals surface area contributed by atoms with Crippen LogP contribution in [0.5, 0.6) is 0 Å². The van der Waals surface area contributed by atoms with E-state index in [4.69, 9.17) is 0 Å². The monoisotopic (exact) mass is 265 g/mol. The Hall–Kier alpha value is -0.960. The first-order valence-corrected chi connectivity index (χ1v) is 7.23. The van der Waals surface area contributed by atoms with Gasteiger partial charge < -0.3 is 0 Å². The first-order chi connectivity index (χ1) is 9.02. The van der Waals surface area contributed by atoms with Gasteiger partial charge in [0, 0.05) is 30.3 Å². The molecule has 3 unspecified atom stereocenters. The molecule has 2 saturated heterocycles. The van der Waals surface area contributed by atoms with Crippen LogP contribution < -0.4 is 0 Å². The first-order valence-electron chi connectivity index (χ1n) is 7.23. The van der Waals surface area contributed by atoms with Crippen LogP contribution in [0, 0.1) is 17.0 Å². The average molecular weight is 265 g/mol. The Bertz CT molecular complexity index is 488. The fourth-order valence-electron chi connectivity index (χ4n) is 4.00. The van der Waals surface area contributed by atoms with E-state index < -0.39 is 11.6 Å². The molecule has 0 spiro atoms. The van der Waals surface area contributed by atoms with Crippen LogP contribution in [0.4, 0.5) is 8.78 Å². The SMILES string of the molecule is CCC1C[C@]2(C)CCC(c3ccc(F)cc3F)N1C2. The van der Waals surface area contributed by atoms with Gasteiger partial charge in [0.25, 0.3) is 0 Å². The molecule has 4 atom stereocenters. The average Bonchev–Trinajstić information content (AvgIpc) is 2.63. The number of piperidine rings is 1. The van der Waals surface area contributed by atoms with Crippen LogP contribution in [0.1, 0.15) is 51.1 Å². The van der Waals surface area contributed by atoms with Crippen LogP contribution >= 0.6 is 0 Å². The fourth-order valence-corrected chi connectivity index (χ4v) is 4.00. The van der Waals surface area contributed by atoms with Crippen molar-refractivity contribution in [3.8, 4) is 0 Å². The van der Waals surface area contributed by atoms with Gasteiger partial charge in [-0.1, -0.05) is 19.9 Å². The van der Waals surface area contributed by atoms with Crippen molar-refractivity contribution in [2.24, 2.45) is 5.41 Å². The maximum Gasteiger partial charge on any atom is 0.130 e. The minimum Gasteiger partial charge on any atom is -0.293 e. The van der Waals surface area contributed by atoms with E-state index in [0.29, 0.717) is 17.0 Å². The quantitative estimate of drug-likeness (QED) is 0.771. The molecule has 0 N–H and O–H groups in total. The predicted molar refractivity (Wildman–Crippen MR) is 71.8 cm³/mol. The van der Waals surface area contributed by atoms with Crippen LogP contribution in [-0.4, -0.2) is 17.5 Å². The van der Waals surface area contributed by atoms with Gasteiger partial charge in [-0.2, -0.15) is 0 Å². The molecule has 2 aliphatic heterocycles. The van der Waals surface area contributed by atoms with E-state index in [9.17, 15) is 8.78 Å². The highest BCUT2D eigenvalue weighted by molar-refractivity contribution is 5.24. The number of rotatable bonds is 2. The minimum atomic E-state index is -0.490. The van der Waals surface area contributed by atoms with Crippen molar-refractivity contribution >= 4 is 0 Å². The van der Waals surface area contributed by atoms with Crippen LogP contribution in [-0.2, 0) is 0 Å². The standard InChI is InChI=1S/C16H21F2N/c1-3-12-9-16(2)7-6-15(19(12)10-16)13-5-4-11(17)8-14(13)18/h4-5,8,12,15H,3,6-7,9-10H2,1-2H3/t12?,15?,16-/m0/s1. The van der Waals surface area contributed by atoms with Gasteiger partial charge in [0.1, 0.15) is 11.6 Å². The van der Waals surface area contributed by atoms with E-state index in [1.54, 1.807) is 6.07 Å². The van der Waals surface area contributed by atoms with E-state index in [-0.39, 0.29) is 6.04 Å². The van der Waals surface area contributed by atoms with E-state index in [2.05, 4.69) is 18.7 Å². The molecule has 3 heteroatoms. The molecule has 1 nitrogen and oxygen atoms in total. The van der Waals surface area contributed by atoms with Crippen LogP contribution in [0.15, 0.2) is 18.2 Å². The summed E-state index contributed by atoms with van der Waals surface area (Å²) in [6, 6.07) is 4.69. The van der Waals surface area contributed by atoms with Crippen molar-refractivity contribution in [3.63, 3.8) is 0 Å². The Kier molecular flexibility index (Phi) is 3.12. The zero-order chi connectivity index (χ0) is 13.6. The number of hydrogen-bond acceptors (Lipinski definition) is 1. The summed E-state index contributed by atoms with van der Waals surface area (Å²) in [6.07, 6.45) is 4.44. The lowest BCUT2D eigenvalue weighted by atomic mass is 9.79. The zero-order valence-electron chi connectivity index (χ0n) is 11.6. The molecule has 2 bridgehead atoms. The largest absolute Gasteiger partial charge is 0.293 e. The molecular weight excluding hydrogens is 244 g/mol. The number of nitrogens with zero attached hydrogens (tertiary/aromatic N) is 1. The third-order valence-electron chi connectivity index (χ3n) is 4.98. The third-order valence-corrected chi connectivity index (χ3v) is 4.98. The normalized spacial score (nSPS) is 37.6. The molecule has 1 aromatic rings. The lowest BCUT2D eigenvalue weighted by molar-refractivity contribution is 0.109. The van der Waals surface area contributed by atoms with Crippen LogP contribution in [0.3, 0.4) is 0 Å². The number of halogens is 2. The summed E-state index contributed by atoms with van der Waals surface area (Å²) in [6.45, 7) is 5.59. The highest BCUT2D eigenvalue weighted by atomic mass is 19.1. The van der Waals surface area contributed by atoms with Crippen molar-refractivity contribution in [1.82, 2.24) is 4.90 Å². The molecule has 0 aromatic heterocycles. The van der Waals surface area contributed by atoms with Gasteiger partial charge in [-0.15, -0.1) is 0 Å². The summed E-state index contributed by atoms with van der Waals surface area (Å²) >= 11 is 0. The summed E-state index contributed by atoms with van der Waals surface area (Å²) in [5, 5.41) is 0. The predicted octanol–water partition coefficient (Wildman–Crippen LogP) is 4.29. The Morgan fingerprint density at radius 2 is 2.16 bits per heavy atom. The third kappa shape index (κ3) is 2.18. The van der Waals surface area contributed by atoms with Gasteiger partial charge in [0.2, 0.25) is 0 Å². The van der Waals surface area contributed by atoms with Gasteiger partial charge in [-0.3, -0.25) is 4.90 Å². The summed E-state index contributed by atoms with van der Waals surface area (Å²) in [5.41, 5.74) is 1.07. The van der Waals surface area contributed by atoms with Crippen molar-refractivity contribution in [2.45, 2.75) is 51.6 Å². The summed E-state index contributed by atoms with van der Waals surface area (Å²) in [4.78, 5) is 2.44. The Morgan fingerprint density at radius 1 is 1.37 bits per heavy atom.